The fraction of sp³-hybridized carbons (Fsp3) is 0.400. The van der Waals surface area contributed by atoms with E-state index in [4.69, 9.17) is 29.7 Å². The van der Waals surface area contributed by atoms with Gasteiger partial charge in [-0.2, -0.15) is 0 Å². The molecule has 71 heavy (non-hydrogen) atoms. The molecule has 0 radical (unpaired) electrons. The number of urea groups is 2. The molecule has 6 aromatic heterocycles. The van der Waals surface area contributed by atoms with Crippen molar-refractivity contribution in [2.75, 3.05) is 64.3 Å². The van der Waals surface area contributed by atoms with Crippen molar-refractivity contribution in [1.82, 2.24) is 49.9 Å². The first-order valence-electron chi connectivity index (χ1n) is 23.4. The van der Waals surface area contributed by atoms with E-state index >= 15 is 0 Å². The number of rotatable bonds is 8. The summed E-state index contributed by atoms with van der Waals surface area (Å²) in [5.41, 5.74) is 9.81. The van der Waals surface area contributed by atoms with Gasteiger partial charge < -0.3 is 44.8 Å². The van der Waals surface area contributed by atoms with Crippen LogP contribution in [0.2, 0.25) is 0 Å². The Morgan fingerprint density at radius 1 is 0.634 bits per heavy atom. The summed E-state index contributed by atoms with van der Waals surface area (Å²) < 4.78 is 10.3. The standard InChI is InChI=1S/C25H28N6O4.C22H24N6O2.C3H6O3/c1-15(32)24(33)30-10-8-18(9-11-30)31-23-17(14-29(2)25(31)34)13-26-20-6-5-19(28-22(20)23)16-4-7-21(35-3)27-12-16;1-27-13-15-12-24-18-5-4-17(14-3-6-19(30-2)25-11-14)26-20(18)21(15)28(22(27)29)16-7-9-23-10-8-16;1-2(4)3(5)6/h4-7,12-13,15,18,32H,8-11,14H2,1-3H3;3-6,11-12,16,23H,7-10,13H2,1-2H3;2,4H,1H3,(H,5,6)/t15-;;2-/m1.1/s1. The summed E-state index contributed by atoms with van der Waals surface area (Å²) in [6.45, 7) is 6.45. The van der Waals surface area contributed by atoms with Gasteiger partial charge >= 0.3 is 18.0 Å². The Balaban J connectivity index is 0.000000172. The number of carboxylic acid groups (broad SMARTS) is 1. The van der Waals surface area contributed by atoms with Crippen molar-refractivity contribution in [3.63, 3.8) is 0 Å². The Kier molecular flexibility index (Phi) is 15.1. The number of anilines is 2. The lowest BCUT2D eigenvalue weighted by atomic mass is 9.99. The number of pyridine rings is 6. The third-order valence-corrected chi connectivity index (χ3v) is 12.9. The van der Waals surface area contributed by atoms with Crippen molar-refractivity contribution in [1.29, 1.82) is 0 Å². The van der Waals surface area contributed by atoms with E-state index in [2.05, 4.69) is 25.3 Å². The van der Waals surface area contributed by atoms with Crippen LogP contribution in [0.1, 0.15) is 50.7 Å². The van der Waals surface area contributed by atoms with Gasteiger partial charge in [0.15, 0.2) is 0 Å². The SMILES string of the molecule is COc1ccc(-c2ccc3ncc4c(c3n2)N(C2CCN(C(=O)[C@@H](C)O)CC2)C(=O)N(C)C4)cn1.COc1ccc(-c2ccc3ncc4c(c3n2)N(C2CCNCC2)C(=O)N(C)C4)cn1.C[C@@H](O)C(=O)O. The fourth-order valence-corrected chi connectivity index (χ4v) is 9.13. The number of hydrogen-bond acceptors (Lipinski definition) is 15. The van der Waals surface area contributed by atoms with Crippen LogP contribution in [0.5, 0.6) is 11.8 Å². The number of carbonyl (C=O) groups excluding carboxylic acids is 3. The number of aromatic nitrogens is 6. The second-order valence-electron chi connectivity index (χ2n) is 17.8. The number of nitrogens with zero attached hydrogens (tertiary/aromatic N) is 11. The van der Waals surface area contributed by atoms with Crippen molar-refractivity contribution in [3.8, 4) is 34.3 Å². The molecule has 0 aromatic carbocycles. The summed E-state index contributed by atoms with van der Waals surface area (Å²) in [5, 5.41) is 28.8. The number of carboxylic acids is 1. The summed E-state index contributed by atoms with van der Waals surface area (Å²) in [5.74, 6) is -0.381. The van der Waals surface area contributed by atoms with Crippen LogP contribution in [0, 0.1) is 0 Å². The van der Waals surface area contributed by atoms with Crippen LogP contribution in [0.4, 0.5) is 21.0 Å². The minimum absolute atomic E-state index is 0.0280. The number of hydrogen-bond donors (Lipinski definition) is 4. The lowest BCUT2D eigenvalue weighted by Gasteiger charge is -2.43. The molecule has 2 atom stereocenters. The summed E-state index contributed by atoms with van der Waals surface area (Å²) in [6, 6.07) is 15.1. The first-order valence-corrected chi connectivity index (χ1v) is 23.4. The predicted molar refractivity (Wildman–Crippen MR) is 264 cm³/mol. The van der Waals surface area contributed by atoms with E-state index in [0.29, 0.717) is 61.8 Å². The van der Waals surface area contributed by atoms with Crippen LogP contribution in [-0.4, -0.2) is 163 Å². The zero-order valence-electron chi connectivity index (χ0n) is 40.5. The molecule has 0 spiro atoms. The van der Waals surface area contributed by atoms with Gasteiger partial charge in [-0.15, -0.1) is 0 Å². The van der Waals surface area contributed by atoms with E-state index in [0.717, 1.165) is 82.0 Å². The summed E-state index contributed by atoms with van der Waals surface area (Å²) in [4.78, 5) is 84.9. The Morgan fingerprint density at radius 3 is 1.45 bits per heavy atom. The molecule has 5 amide bonds. The molecular weight excluding hydrogens is 913 g/mol. The highest BCUT2D eigenvalue weighted by molar-refractivity contribution is 6.05. The van der Waals surface area contributed by atoms with E-state index in [1.807, 2.05) is 71.7 Å². The maximum atomic E-state index is 13.4. The zero-order valence-corrected chi connectivity index (χ0v) is 40.5. The molecule has 2 fully saturated rings. The highest BCUT2D eigenvalue weighted by Gasteiger charge is 2.39. The van der Waals surface area contributed by atoms with Gasteiger partial charge in [0.1, 0.15) is 23.2 Å². The minimum atomic E-state index is -1.23. The van der Waals surface area contributed by atoms with Gasteiger partial charge in [0.25, 0.3) is 5.91 Å². The van der Waals surface area contributed by atoms with Crippen molar-refractivity contribution < 1.29 is 44.0 Å². The number of likely N-dealkylation sites (tertiary alicyclic amines) is 1. The molecule has 21 heteroatoms. The molecule has 0 bridgehead atoms. The first-order chi connectivity index (χ1) is 34.2. The van der Waals surface area contributed by atoms with E-state index in [9.17, 15) is 24.3 Å². The van der Waals surface area contributed by atoms with E-state index in [1.165, 1.54) is 13.8 Å². The van der Waals surface area contributed by atoms with Gasteiger partial charge in [-0.05, 0) is 89.0 Å². The Hall–Kier alpha value is -7.62. The normalized spacial score (nSPS) is 17.1. The number of fused-ring (bicyclic) bond motifs is 6. The fourth-order valence-electron chi connectivity index (χ4n) is 9.13. The summed E-state index contributed by atoms with van der Waals surface area (Å²) in [6.07, 6.45) is 7.97. The molecule has 0 aliphatic carbocycles. The molecule has 10 heterocycles. The quantitative estimate of drug-likeness (QED) is 0.161. The third kappa shape index (κ3) is 10.6. The highest BCUT2D eigenvalue weighted by atomic mass is 16.5. The van der Waals surface area contributed by atoms with Crippen LogP contribution in [0.25, 0.3) is 44.6 Å². The van der Waals surface area contributed by atoms with Crippen molar-refractivity contribution >= 4 is 57.4 Å². The maximum Gasteiger partial charge on any atom is 0.332 e. The second-order valence-corrected chi connectivity index (χ2v) is 17.8. The van der Waals surface area contributed by atoms with Crippen molar-refractivity contribution in [2.45, 2.75) is 76.9 Å². The number of aliphatic carboxylic acids is 1. The molecular formula is C50H58N12O9. The van der Waals surface area contributed by atoms with Crippen molar-refractivity contribution in [3.05, 3.63) is 84.4 Å². The first kappa shape index (κ1) is 49.8. The van der Waals surface area contributed by atoms with Crippen LogP contribution in [0.15, 0.2) is 73.3 Å². The molecule has 2 saturated heterocycles. The van der Waals surface area contributed by atoms with Gasteiger partial charge in [0.05, 0.1) is 61.1 Å². The number of nitrogens with one attached hydrogen (secondary N) is 1. The number of ether oxygens (including phenoxy) is 2. The molecule has 0 saturated carbocycles. The van der Waals surface area contributed by atoms with Gasteiger partial charge in [0, 0.05) is 98.4 Å². The number of piperidine rings is 2. The zero-order chi connectivity index (χ0) is 50.5. The number of amides is 5. The predicted octanol–water partition coefficient (Wildman–Crippen LogP) is 4.72. The van der Waals surface area contributed by atoms with Gasteiger partial charge in [0.2, 0.25) is 11.8 Å². The van der Waals surface area contributed by atoms with Crippen LogP contribution >= 0.6 is 0 Å². The Morgan fingerprint density at radius 2 is 1.07 bits per heavy atom. The topological polar surface area (TPSA) is 253 Å². The molecule has 4 aliphatic rings. The number of carbonyl (C=O) groups is 4. The Labute approximate surface area is 410 Å². The smallest absolute Gasteiger partial charge is 0.332 e. The molecule has 6 aromatic rings. The van der Waals surface area contributed by atoms with Crippen LogP contribution in [0.3, 0.4) is 0 Å². The van der Waals surface area contributed by atoms with E-state index in [1.54, 1.807) is 54.4 Å². The van der Waals surface area contributed by atoms with Gasteiger partial charge in [-0.25, -0.2) is 34.3 Å². The van der Waals surface area contributed by atoms with E-state index < -0.39 is 18.2 Å². The summed E-state index contributed by atoms with van der Waals surface area (Å²) in [7, 11) is 6.79. The number of aliphatic hydroxyl groups is 2. The van der Waals surface area contributed by atoms with Gasteiger partial charge in [-0.1, -0.05) is 0 Å². The minimum Gasteiger partial charge on any atom is -0.481 e. The maximum absolute atomic E-state index is 13.4. The summed E-state index contributed by atoms with van der Waals surface area (Å²) >= 11 is 0. The molecule has 10 rings (SSSR count). The molecule has 4 N–H and O–H groups in total. The van der Waals surface area contributed by atoms with Gasteiger partial charge in [-0.3, -0.25) is 24.6 Å². The lowest BCUT2D eigenvalue weighted by Crippen LogP contribution is -2.55. The number of methoxy groups -OCH3 is 2. The van der Waals surface area contributed by atoms with Crippen molar-refractivity contribution in [2.24, 2.45) is 0 Å². The largest absolute Gasteiger partial charge is 0.481 e. The Bertz CT molecular complexity index is 2910. The van der Waals surface area contributed by atoms with E-state index in [-0.39, 0.29) is 30.1 Å². The molecule has 21 nitrogen and oxygen atoms in total. The lowest BCUT2D eigenvalue weighted by molar-refractivity contribution is -0.145. The van der Waals surface area contributed by atoms with Crippen LogP contribution in [-0.2, 0) is 22.7 Å². The molecule has 0 unspecified atom stereocenters. The third-order valence-electron chi connectivity index (χ3n) is 12.9. The molecule has 372 valence electrons. The molecule has 4 aliphatic heterocycles. The second kappa shape index (κ2) is 21.6. The average molecular weight is 971 g/mol. The number of aliphatic hydroxyl groups excluding tert-OH is 2. The average Bonchev–Trinajstić information content (AvgIpc) is 3.39. The highest BCUT2D eigenvalue weighted by Crippen LogP contribution is 2.39. The van der Waals surface area contributed by atoms with Crippen LogP contribution < -0.4 is 24.6 Å². The monoisotopic (exact) mass is 970 g/mol.